The van der Waals surface area contributed by atoms with E-state index in [1.165, 1.54) is 6.20 Å². The van der Waals surface area contributed by atoms with Gasteiger partial charge in [-0.2, -0.15) is 15.4 Å². The Balaban J connectivity index is 2.41. The van der Waals surface area contributed by atoms with E-state index in [0.29, 0.717) is 17.3 Å². The van der Waals surface area contributed by atoms with Gasteiger partial charge in [-0.25, -0.2) is 15.8 Å². The fourth-order valence-electron chi connectivity index (χ4n) is 0.872. The lowest BCUT2D eigenvalue weighted by molar-refractivity contribution is 0.938. The normalized spacial score (nSPS) is 9.92. The van der Waals surface area contributed by atoms with Crippen molar-refractivity contribution in [2.45, 2.75) is 0 Å². The van der Waals surface area contributed by atoms with Crippen LogP contribution >= 0.6 is 0 Å². The first-order valence-corrected chi connectivity index (χ1v) is 3.56. The molecule has 7 heteroatoms. The number of hydrogen-bond donors (Lipinski definition) is 3. The van der Waals surface area contributed by atoms with Crippen molar-refractivity contribution >= 4 is 5.82 Å². The molecule has 2 aromatic rings. The summed E-state index contributed by atoms with van der Waals surface area (Å²) in [5.41, 5.74) is 3.00. The van der Waals surface area contributed by atoms with E-state index in [-0.39, 0.29) is 0 Å². The fraction of sp³-hybridized carbons (Fsp3) is 0. The average Bonchev–Trinajstić information content (AvgIpc) is 2.71. The number of H-pyrrole nitrogens is 1. The van der Waals surface area contributed by atoms with Crippen LogP contribution in [0.3, 0.4) is 0 Å². The molecule has 0 aromatic carbocycles. The van der Waals surface area contributed by atoms with Gasteiger partial charge in [-0.3, -0.25) is 0 Å². The minimum Gasteiger partial charge on any atom is -0.308 e. The quantitative estimate of drug-likeness (QED) is 0.423. The first-order chi connectivity index (χ1) is 6.40. The topological polar surface area (TPSA) is 105 Å². The number of nitrogen functional groups attached to an aromatic ring is 1. The highest BCUT2D eigenvalue weighted by Gasteiger charge is 2.03. The lowest BCUT2D eigenvalue weighted by Gasteiger charge is -1.98. The molecule has 0 saturated heterocycles. The van der Waals surface area contributed by atoms with Crippen LogP contribution in [0.15, 0.2) is 18.5 Å². The molecule has 0 bridgehead atoms. The standard InChI is InChI=1S/C6H7N7/c7-11-5-1-2-8-6(10-5)4-3-9-13-12-4/h1-3H,7H2,(H,8,10,11)(H,9,12,13). The second-order valence-corrected chi connectivity index (χ2v) is 2.27. The molecular weight excluding hydrogens is 170 g/mol. The average molecular weight is 177 g/mol. The smallest absolute Gasteiger partial charge is 0.183 e. The Morgan fingerprint density at radius 1 is 1.46 bits per heavy atom. The summed E-state index contributed by atoms with van der Waals surface area (Å²) in [6, 6.07) is 1.66. The number of aromatic nitrogens is 5. The molecule has 0 saturated carbocycles. The molecule has 0 atom stereocenters. The van der Waals surface area contributed by atoms with Gasteiger partial charge in [-0.1, -0.05) is 0 Å². The van der Waals surface area contributed by atoms with Crippen molar-refractivity contribution in [1.82, 2.24) is 25.4 Å². The number of hydrogen-bond acceptors (Lipinski definition) is 6. The maximum absolute atomic E-state index is 5.19. The Labute approximate surface area is 73.4 Å². The van der Waals surface area contributed by atoms with Crippen LogP contribution < -0.4 is 11.3 Å². The zero-order valence-corrected chi connectivity index (χ0v) is 6.60. The number of nitrogens with zero attached hydrogens (tertiary/aromatic N) is 4. The van der Waals surface area contributed by atoms with Gasteiger partial charge >= 0.3 is 0 Å². The van der Waals surface area contributed by atoms with Gasteiger partial charge < -0.3 is 5.43 Å². The third-order valence-corrected chi connectivity index (χ3v) is 1.45. The molecule has 0 spiro atoms. The van der Waals surface area contributed by atoms with Crippen LogP contribution in [-0.2, 0) is 0 Å². The van der Waals surface area contributed by atoms with Crippen LogP contribution in [0.5, 0.6) is 0 Å². The van der Waals surface area contributed by atoms with Crippen molar-refractivity contribution in [3.05, 3.63) is 18.5 Å². The molecule has 66 valence electrons. The molecule has 0 unspecified atom stereocenters. The zero-order valence-electron chi connectivity index (χ0n) is 6.60. The van der Waals surface area contributed by atoms with Gasteiger partial charge in [-0.15, -0.1) is 0 Å². The van der Waals surface area contributed by atoms with Crippen LogP contribution in [0.4, 0.5) is 5.82 Å². The second-order valence-electron chi connectivity index (χ2n) is 2.27. The Kier molecular flexibility index (Phi) is 1.85. The van der Waals surface area contributed by atoms with E-state index in [1.807, 2.05) is 0 Å². The van der Waals surface area contributed by atoms with Crippen molar-refractivity contribution in [3.63, 3.8) is 0 Å². The van der Waals surface area contributed by atoms with E-state index < -0.39 is 0 Å². The molecule has 13 heavy (non-hydrogen) atoms. The highest BCUT2D eigenvalue weighted by molar-refractivity contribution is 5.49. The lowest BCUT2D eigenvalue weighted by Crippen LogP contribution is -2.09. The third kappa shape index (κ3) is 1.44. The number of anilines is 1. The van der Waals surface area contributed by atoms with Crippen LogP contribution in [-0.4, -0.2) is 25.4 Å². The van der Waals surface area contributed by atoms with Crippen molar-refractivity contribution in [2.24, 2.45) is 5.84 Å². The Hall–Kier alpha value is -2.02. The van der Waals surface area contributed by atoms with Gasteiger partial charge in [-0.05, 0) is 0 Å². The largest absolute Gasteiger partial charge is 0.308 e. The summed E-state index contributed by atoms with van der Waals surface area (Å²) in [6.45, 7) is 0. The summed E-state index contributed by atoms with van der Waals surface area (Å²) in [7, 11) is 0. The zero-order chi connectivity index (χ0) is 9.10. The van der Waals surface area contributed by atoms with Crippen molar-refractivity contribution in [1.29, 1.82) is 0 Å². The molecule has 2 heterocycles. The van der Waals surface area contributed by atoms with Crippen LogP contribution in [0, 0.1) is 0 Å². The van der Waals surface area contributed by atoms with Crippen LogP contribution in [0.2, 0.25) is 0 Å². The molecule has 2 aromatic heterocycles. The van der Waals surface area contributed by atoms with Gasteiger partial charge in [0.15, 0.2) is 5.82 Å². The number of rotatable bonds is 2. The van der Waals surface area contributed by atoms with Gasteiger partial charge in [0.05, 0.1) is 6.20 Å². The minimum atomic E-state index is 0.476. The van der Waals surface area contributed by atoms with Crippen LogP contribution in [0.1, 0.15) is 0 Å². The second kappa shape index (κ2) is 3.15. The predicted octanol–water partition coefficient (Wildman–Crippen LogP) is -0.453. The molecule has 0 fully saturated rings. The number of nitrogens with two attached hydrogens (primary N) is 1. The summed E-state index contributed by atoms with van der Waals surface area (Å²) in [5, 5.41) is 9.95. The number of hydrazine groups is 1. The van der Waals surface area contributed by atoms with Crippen molar-refractivity contribution in [2.75, 3.05) is 5.43 Å². The Morgan fingerprint density at radius 2 is 2.38 bits per heavy atom. The monoisotopic (exact) mass is 177 g/mol. The SMILES string of the molecule is NNc1ccnc(-c2cn[nH]n2)n1. The van der Waals surface area contributed by atoms with E-state index >= 15 is 0 Å². The van der Waals surface area contributed by atoms with Crippen molar-refractivity contribution in [3.8, 4) is 11.5 Å². The van der Waals surface area contributed by atoms with Gasteiger partial charge in [0.25, 0.3) is 0 Å². The molecule has 0 aliphatic rings. The summed E-state index contributed by atoms with van der Waals surface area (Å²) < 4.78 is 0. The van der Waals surface area contributed by atoms with Crippen molar-refractivity contribution < 1.29 is 0 Å². The summed E-state index contributed by atoms with van der Waals surface area (Å²) in [4.78, 5) is 8.06. The highest BCUT2D eigenvalue weighted by atomic mass is 15.3. The molecular formula is C6H7N7. The molecule has 7 nitrogen and oxygen atoms in total. The summed E-state index contributed by atoms with van der Waals surface area (Å²) in [6.07, 6.45) is 3.13. The molecule has 2 rings (SSSR count). The Bertz CT molecular complexity index is 382. The van der Waals surface area contributed by atoms with E-state index in [9.17, 15) is 0 Å². The summed E-state index contributed by atoms with van der Waals surface area (Å²) >= 11 is 0. The first-order valence-electron chi connectivity index (χ1n) is 3.56. The Morgan fingerprint density at radius 3 is 3.08 bits per heavy atom. The molecule has 4 N–H and O–H groups in total. The number of aromatic amines is 1. The van der Waals surface area contributed by atoms with E-state index in [4.69, 9.17) is 5.84 Å². The fourth-order valence-corrected chi connectivity index (χ4v) is 0.872. The van der Waals surface area contributed by atoms with Gasteiger partial charge in [0, 0.05) is 12.3 Å². The van der Waals surface area contributed by atoms with Gasteiger partial charge in [0.2, 0.25) is 0 Å². The molecule has 0 aliphatic heterocycles. The van der Waals surface area contributed by atoms with E-state index in [2.05, 4.69) is 30.8 Å². The first kappa shape index (κ1) is 7.62. The maximum atomic E-state index is 5.19. The third-order valence-electron chi connectivity index (χ3n) is 1.45. The van der Waals surface area contributed by atoms with Gasteiger partial charge in [0.1, 0.15) is 11.5 Å². The van der Waals surface area contributed by atoms with E-state index in [1.54, 1.807) is 12.3 Å². The van der Waals surface area contributed by atoms with E-state index in [0.717, 1.165) is 0 Å². The predicted molar refractivity (Wildman–Crippen MR) is 45.2 cm³/mol. The lowest BCUT2D eigenvalue weighted by atomic mass is 10.4. The number of nitrogens with one attached hydrogen (secondary N) is 2. The minimum absolute atomic E-state index is 0.476. The highest BCUT2D eigenvalue weighted by Crippen LogP contribution is 2.10. The maximum Gasteiger partial charge on any atom is 0.183 e. The molecule has 0 radical (unpaired) electrons. The molecule has 0 aliphatic carbocycles. The molecule has 0 amide bonds. The van der Waals surface area contributed by atoms with Crippen LogP contribution in [0.25, 0.3) is 11.5 Å². The summed E-state index contributed by atoms with van der Waals surface area (Å²) in [5.74, 6) is 6.20.